The Bertz CT molecular complexity index is 928. The van der Waals surface area contributed by atoms with Crippen LogP contribution in [0.1, 0.15) is 23.3 Å². The Hall–Kier alpha value is -2.53. The fourth-order valence-corrected chi connectivity index (χ4v) is 3.53. The quantitative estimate of drug-likeness (QED) is 0.703. The highest BCUT2D eigenvalue weighted by Gasteiger charge is 2.27. The summed E-state index contributed by atoms with van der Waals surface area (Å²) in [6, 6.07) is 15.2. The van der Waals surface area contributed by atoms with Crippen molar-refractivity contribution in [2.45, 2.75) is 18.9 Å². The average Bonchev–Trinajstić information content (AvgIpc) is 3.01. The van der Waals surface area contributed by atoms with Gasteiger partial charge in [0.15, 0.2) is 5.69 Å². The van der Waals surface area contributed by atoms with E-state index in [2.05, 4.69) is 5.10 Å². The van der Waals surface area contributed by atoms with E-state index in [9.17, 15) is 4.79 Å². The minimum Gasteiger partial charge on any atom is -0.490 e. The normalized spacial score (nSPS) is 15.4. The van der Waals surface area contributed by atoms with Crippen LogP contribution in [0, 0.1) is 0 Å². The van der Waals surface area contributed by atoms with Gasteiger partial charge in [-0.15, -0.1) is 0 Å². The Morgan fingerprint density at radius 1 is 1.12 bits per heavy atom. The van der Waals surface area contributed by atoms with Gasteiger partial charge in [-0.25, -0.2) is 0 Å². The topological polar surface area (TPSA) is 47.4 Å². The van der Waals surface area contributed by atoms with Gasteiger partial charge in [-0.2, -0.15) is 5.10 Å². The van der Waals surface area contributed by atoms with E-state index in [4.69, 9.17) is 16.3 Å². The van der Waals surface area contributed by atoms with E-state index in [0.29, 0.717) is 23.8 Å². The first kappa shape index (κ1) is 16.9. The monoisotopic (exact) mass is 369 g/mol. The number of halogens is 1. The number of carbonyl (C=O) groups is 1. The van der Waals surface area contributed by atoms with Crippen LogP contribution in [0.3, 0.4) is 0 Å². The lowest BCUT2D eigenvalue weighted by atomic mass is 10.1. The Kier molecular flexibility index (Phi) is 4.55. The molecule has 1 aliphatic rings. The number of hydrogen-bond acceptors (Lipinski definition) is 3. The molecule has 0 spiro atoms. The predicted molar refractivity (Wildman–Crippen MR) is 102 cm³/mol. The fraction of sp³-hybridized carbons (Fsp3) is 0.300. The van der Waals surface area contributed by atoms with Crippen molar-refractivity contribution in [2.75, 3.05) is 13.1 Å². The molecule has 0 unspecified atom stereocenters. The van der Waals surface area contributed by atoms with Gasteiger partial charge in [0, 0.05) is 43.4 Å². The molecule has 0 radical (unpaired) electrons. The summed E-state index contributed by atoms with van der Waals surface area (Å²) in [5.41, 5.74) is 1.50. The largest absolute Gasteiger partial charge is 0.490 e. The molecule has 0 bridgehead atoms. The summed E-state index contributed by atoms with van der Waals surface area (Å²) in [4.78, 5) is 14.8. The van der Waals surface area contributed by atoms with Crippen molar-refractivity contribution in [1.29, 1.82) is 0 Å². The Morgan fingerprint density at radius 3 is 2.54 bits per heavy atom. The number of carbonyl (C=O) groups excluding carboxylic acids is 1. The SMILES string of the molecule is Cn1nc(C(=O)N2CCC(Oc3ccc(Cl)cc3)CC2)c2ccccc21. The number of aryl methyl sites for hydroxylation is 1. The van der Waals surface area contributed by atoms with E-state index in [-0.39, 0.29) is 12.0 Å². The Balaban J connectivity index is 1.42. The number of amides is 1. The molecule has 1 saturated heterocycles. The molecule has 3 aromatic rings. The van der Waals surface area contributed by atoms with E-state index < -0.39 is 0 Å². The molecule has 1 amide bonds. The van der Waals surface area contributed by atoms with Gasteiger partial charge in [0.1, 0.15) is 11.9 Å². The molecule has 134 valence electrons. The van der Waals surface area contributed by atoms with Crippen molar-refractivity contribution in [3.63, 3.8) is 0 Å². The van der Waals surface area contributed by atoms with Gasteiger partial charge in [0.05, 0.1) is 5.52 Å². The van der Waals surface area contributed by atoms with Crippen LogP contribution in [-0.4, -0.2) is 39.8 Å². The summed E-state index contributed by atoms with van der Waals surface area (Å²) in [7, 11) is 1.87. The number of nitrogens with zero attached hydrogens (tertiary/aromatic N) is 3. The second kappa shape index (κ2) is 7.00. The first-order chi connectivity index (χ1) is 12.6. The van der Waals surface area contributed by atoms with Crippen molar-refractivity contribution in [3.05, 3.63) is 59.2 Å². The van der Waals surface area contributed by atoms with E-state index >= 15 is 0 Å². The van der Waals surface area contributed by atoms with Crippen molar-refractivity contribution < 1.29 is 9.53 Å². The van der Waals surface area contributed by atoms with Gasteiger partial charge >= 0.3 is 0 Å². The molecule has 6 heteroatoms. The second-order valence-corrected chi connectivity index (χ2v) is 6.99. The fourth-order valence-electron chi connectivity index (χ4n) is 3.40. The molecule has 5 nitrogen and oxygen atoms in total. The number of hydrogen-bond donors (Lipinski definition) is 0. The van der Waals surface area contributed by atoms with Gasteiger partial charge in [-0.3, -0.25) is 9.48 Å². The molecule has 0 saturated carbocycles. The summed E-state index contributed by atoms with van der Waals surface area (Å²) < 4.78 is 7.76. The van der Waals surface area contributed by atoms with Crippen LogP contribution < -0.4 is 4.74 Å². The molecule has 0 atom stereocenters. The van der Waals surface area contributed by atoms with Gasteiger partial charge in [0.2, 0.25) is 0 Å². The van der Waals surface area contributed by atoms with Gasteiger partial charge in [-0.05, 0) is 30.3 Å². The highest BCUT2D eigenvalue weighted by atomic mass is 35.5. The summed E-state index contributed by atoms with van der Waals surface area (Å²) in [6.07, 6.45) is 1.72. The van der Waals surface area contributed by atoms with Crippen LogP contribution in [0.4, 0.5) is 0 Å². The first-order valence-electron chi connectivity index (χ1n) is 8.75. The lowest BCUT2D eigenvalue weighted by Gasteiger charge is -2.31. The number of aromatic nitrogens is 2. The molecule has 1 aromatic heterocycles. The number of benzene rings is 2. The number of para-hydroxylation sites is 1. The zero-order valence-corrected chi connectivity index (χ0v) is 15.3. The highest BCUT2D eigenvalue weighted by Crippen LogP contribution is 2.24. The summed E-state index contributed by atoms with van der Waals surface area (Å²) in [5, 5.41) is 6.04. The van der Waals surface area contributed by atoms with E-state index in [1.807, 2.05) is 60.5 Å². The summed E-state index contributed by atoms with van der Waals surface area (Å²) in [5.74, 6) is 0.807. The average molecular weight is 370 g/mol. The third kappa shape index (κ3) is 3.27. The maximum Gasteiger partial charge on any atom is 0.275 e. The van der Waals surface area contributed by atoms with E-state index in [1.165, 1.54) is 0 Å². The molecule has 0 N–H and O–H groups in total. The maximum atomic E-state index is 12.9. The van der Waals surface area contributed by atoms with Crippen molar-refractivity contribution in [3.8, 4) is 5.75 Å². The highest BCUT2D eigenvalue weighted by molar-refractivity contribution is 6.30. The number of piperidine rings is 1. The predicted octanol–water partition coefficient (Wildman–Crippen LogP) is 3.91. The minimum atomic E-state index is -0.00765. The smallest absolute Gasteiger partial charge is 0.275 e. The lowest BCUT2D eigenvalue weighted by Crippen LogP contribution is -2.42. The van der Waals surface area contributed by atoms with Gasteiger partial charge < -0.3 is 9.64 Å². The Labute approximate surface area is 157 Å². The third-order valence-corrected chi connectivity index (χ3v) is 5.06. The van der Waals surface area contributed by atoms with Crippen LogP contribution in [-0.2, 0) is 7.05 Å². The Morgan fingerprint density at radius 2 is 1.81 bits per heavy atom. The molecule has 2 aromatic carbocycles. The van der Waals surface area contributed by atoms with Crippen LogP contribution in [0.2, 0.25) is 5.02 Å². The van der Waals surface area contributed by atoms with Crippen LogP contribution in [0.5, 0.6) is 5.75 Å². The number of likely N-dealkylation sites (tertiary alicyclic amines) is 1. The molecule has 4 rings (SSSR count). The first-order valence-corrected chi connectivity index (χ1v) is 9.13. The van der Waals surface area contributed by atoms with Crippen molar-refractivity contribution >= 4 is 28.4 Å². The van der Waals surface area contributed by atoms with Crippen LogP contribution in [0.15, 0.2) is 48.5 Å². The van der Waals surface area contributed by atoms with Crippen molar-refractivity contribution in [1.82, 2.24) is 14.7 Å². The molecule has 0 aliphatic carbocycles. The molecular weight excluding hydrogens is 350 g/mol. The van der Waals surface area contributed by atoms with Crippen molar-refractivity contribution in [2.24, 2.45) is 7.05 Å². The summed E-state index contributed by atoms with van der Waals surface area (Å²) in [6.45, 7) is 1.34. The summed E-state index contributed by atoms with van der Waals surface area (Å²) >= 11 is 5.90. The van der Waals surface area contributed by atoms with E-state index in [1.54, 1.807) is 4.68 Å². The third-order valence-electron chi connectivity index (χ3n) is 4.81. The standard InChI is InChI=1S/C20H20ClN3O2/c1-23-18-5-3-2-4-17(18)19(22-23)20(25)24-12-10-16(11-13-24)26-15-8-6-14(21)7-9-15/h2-9,16H,10-13H2,1H3. The van der Waals surface area contributed by atoms with Crippen LogP contribution in [0.25, 0.3) is 10.9 Å². The second-order valence-electron chi connectivity index (χ2n) is 6.55. The molecule has 26 heavy (non-hydrogen) atoms. The van der Waals surface area contributed by atoms with Gasteiger partial charge in [0.25, 0.3) is 5.91 Å². The maximum absolute atomic E-state index is 12.9. The molecular formula is C20H20ClN3O2. The number of ether oxygens (including phenoxy) is 1. The van der Waals surface area contributed by atoms with E-state index in [0.717, 1.165) is 29.5 Å². The van der Waals surface area contributed by atoms with Crippen LogP contribution >= 0.6 is 11.6 Å². The number of rotatable bonds is 3. The lowest BCUT2D eigenvalue weighted by molar-refractivity contribution is 0.0591. The molecule has 2 heterocycles. The molecule has 1 aliphatic heterocycles. The zero-order chi connectivity index (χ0) is 18.1. The number of fused-ring (bicyclic) bond motifs is 1. The minimum absolute atomic E-state index is 0.00765. The zero-order valence-electron chi connectivity index (χ0n) is 14.6. The van der Waals surface area contributed by atoms with Gasteiger partial charge in [-0.1, -0.05) is 29.8 Å². The molecule has 1 fully saturated rings.